The maximum absolute atomic E-state index is 13.6. The lowest BCUT2D eigenvalue weighted by Gasteiger charge is -2.26. The Balaban J connectivity index is 1.41. The number of carbonyl (C=O) groups excluding carboxylic acids is 1. The van der Waals surface area contributed by atoms with Gasteiger partial charge in [-0.25, -0.2) is 16.8 Å². The number of carbonyl (C=O) groups is 1. The van der Waals surface area contributed by atoms with Crippen molar-refractivity contribution in [3.63, 3.8) is 0 Å². The molecule has 200 valence electrons. The number of fused-ring (bicyclic) bond motifs is 1. The Kier molecular flexibility index (Phi) is 6.93. The van der Waals surface area contributed by atoms with Gasteiger partial charge in [0.2, 0.25) is 10.0 Å². The summed E-state index contributed by atoms with van der Waals surface area (Å²) in [6.07, 6.45) is 3.12. The number of hydrogen-bond acceptors (Lipinski definition) is 6. The zero-order chi connectivity index (χ0) is 27.1. The summed E-state index contributed by atoms with van der Waals surface area (Å²) in [4.78, 5) is 13.0. The Morgan fingerprint density at radius 1 is 0.868 bits per heavy atom. The molecule has 1 unspecified atom stereocenters. The van der Waals surface area contributed by atoms with Crippen molar-refractivity contribution < 1.29 is 26.7 Å². The molecule has 3 aromatic carbocycles. The molecule has 0 aliphatic carbocycles. The van der Waals surface area contributed by atoms with Crippen LogP contribution in [0.15, 0.2) is 76.5 Å². The Morgan fingerprint density at radius 3 is 2.34 bits per heavy atom. The van der Waals surface area contributed by atoms with E-state index >= 15 is 0 Å². The number of piperidine rings is 1. The molecular weight excluding hydrogens is 526 g/mol. The lowest BCUT2D eigenvalue weighted by atomic mass is 10.1. The number of para-hydroxylation sites is 1. The van der Waals surface area contributed by atoms with E-state index in [1.807, 2.05) is 19.1 Å². The van der Waals surface area contributed by atoms with Gasteiger partial charge in [-0.15, -0.1) is 0 Å². The van der Waals surface area contributed by atoms with Crippen molar-refractivity contribution in [1.29, 1.82) is 0 Å². The fourth-order valence-corrected chi connectivity index (χ4v) is 8.32. The molecule has 2 N–H and O–H groups in total. The van der Waals surface area contributed by atoms with E-state index in [2.05, 4.69) is 5.32 Å². The van der Waals surface area contributed by atoms with Gasteiger partial charge in [0.1, 0.15) is 5.75 Å². The normalized spacial score (nSPS) is 18.2. The first kappa shape index (κ1) is 26.2. The van der Waals surface area contributed by atoms with Crippen LogP contribution in [0.1, 0.15) is 42.1 Å². The van der Waals surface area contributed by atoms with Crippen LogP contribution in [-0.2, 0) is 26.5 Å². The van der Waals surface area contributed by atoms with Gasteiger partial charge in [-0.05, 0) is 74.2 Å². The fourth-order valence-electron chi connectivity index (χ4n) is 5.04. The van der Waals surface area contributed by atoms with Crippen LogP contribution < -0.4 is 9.62 Å². The smallest absolute Gasteiger partial charge is 0.264 e. The molecule has 2 heterocycles. The SMILES string of the molecule is CC1Cc2ccccc2N1S(=O)(=O)c1cccc(C(=O)Nc2cc(S(=O)(=O)N3CCCCC3)ccc2O)c1. The molecule has 2 aliphatic heterocycles. The largest absolute Gasteiger partial charge is 0.506 e. The third-order valence-electron chi connectivity index (χ3n) is 6.97. The second-order valence-electron chi connectivity index (χ2n) is 9.61. The summed E-state index contributed by atoms with van der Waals surface area (Å²) in [7, 11) is -7.74. The highest BCUT2D eigenvalue weighted by molar-refractivity contribution is 7.93. The Morgan fingerprint density at radius 2 is 1.58 bits per heavy atom. The van der Waals surface area contributed by atoms with Gasteiger partial charge in [0.05, 0.1) is 21.2 Å². The number of anilines is 2. The molecule has 11 heteroatoms. The molecule has 0 radical (unpaired) electrons. The number of amides is 1. The van der Waals surface area contributed by atoms with Crippen LogP contribution in [0.25, 0.3) is 0 Å². The Labute approximate surface area is 222 Å². The number of aromatic hydroxyl groups is 1. The van der Waals surface area contributed by atoms with Crippen molar-refractivity contribution in [3.8, 4) is 5.75 Å². The third kappa shape index (κ3) is 4.77. The summed E-state index contributed by atoms with van der Waals surface area (Å²) in [5, 5.41) is 12.9. The van der Waals surface area contributed by atoms with Crippen LogP contribution in [-0.4, -0.2) is 51.3 Å². The number of phenols is 1. The van der Waals surface area contributed by atoms with E-state index in [1.54, 1.807) is 12.1 Å². The topological polar surface area (TPSA) is 124 Å². The van der Waals surface area contributed by atoms with Crippen LogP contribution in [0.5, 0.6) is 5.75 Å². The Bertz CT molecular complexity index is 1600. The van der Waals surface area contributed by atoms with E-state index < -0.39 is 26.0 Å². The lowest BCUT2D eigenvalue weighted by Crippen LogP contribution is -2.35. The van der Waals surface area contributed by atoms with Crippen LogP contribution >= 0.6 is 0 Å². The van der Waals surface area contributed by atoms with E-state index in [9.17, 15) is 26.7 Å². The lowest BCUT2D eigenvalue weighted by molar-refractivity contribution is 0.102. The van der Waals surface area contributed by atoms with Crippen molar-refractivity contribution in [2.75, 3.05) is 22.7 Å². The summed E-state index contributed by atoms with van der Waals surface area (Å²) in [6, 6.07) is 16.4. The van der Waals surface area contributed by atoms with Gasteiger partial charge in [0.25, 0.3) is 15.9 Å². The second kappa shape index (κ2) is 10.0. The molecule has 1 saturated heterocycles. The Hall–Kier alpha value is -3.41. The summed E-state index contributed by atoms with van der Waals surface area (Å²) in [5.41, 5.74) is 1.53. The van der Waals surface area contributed by atoms with Crippen molar-refractivity contribution in [2.24, 2.45) is 0 Å². The molecule has 9 nitrogen and oxygen atoms in total. The molecule has 1 amide bonds. The number of hydrogen-bond donors (Lipinski definition) is 2. The van der Waals surface area contributed by atoms with E-state index in [-0.39, 0.29) is 32.8 Å². The fraction of sp³-hybridized carbons (Fsp3) is 0.296. The molecule has 2 aliphatic rings. The molecule has 3 aromatic rings. The highest BCUT2D eigenvalue weighted by Gasteiger charge is 2.36. The van der Waals surface area contributed by atoms with Crippen molar-refractivity contribution in [2.45, 2.75) is 48.4 Å². The number of sulfonamides is 2. The number of rotatable bonds is 6. The van der Waals surface area contributed by atoms with Crippen molar-refractivity contribution in [3.05, 3.63) is 77.9 Å². The molecule has 1 fully saturated rings. The summed E-state index contributed by atoms with van der Waals surface area (Å²) in [6.45, 7) is 2.68. The maximum atomic E-state index is 13.6. The van der Waals surface area contributed by atoms with Gasteiger partial charge in [-0.1, -0.05) is 30.7 Å². The standard InChI is InChI=1S/C27H29N3O6S2/c1-19-16-20-8-3-4-11-25(20)30(19)38(35,36)22-10-7-9-21(17-22)27(32)28-24-18-23(12-13-26(24)31)37(33,34)29-14-5-2-6-15-29/h3-4,7-13,17-19,31H,2,5-6,14-16H2,1H3,(H,28,32). The maximum Gasteiger partial charge on any atom is 0.264 e. The number of nitrogens with zero attached hydrogens (tertiary/aromatic N) is 2. The average molecular weight is 556 g/mol. The van der Waals surface area contributed by atoms with E-state index in [0.29, 0.717) is 25.2 Å². The minimum absolute atomic E-state index is 0.0366. The molecule has 0 aromatic heterocycles. The number of benzene rings is 3. The molecule has 5 rings (SSSR count). The van der Waals surface area contributed by atoms with Gasteiger partial charge in [0, 0.05) is 24.7 Å². The van der Waals surface area contributed by atoms with E-state index in [0.717, 1.165) is 24.8 Å². The first-order valence-corrected chi connectivity index (χ1v) is 15.3. The quantitative estimate of drug-likeness (QED) is 0.444. The van der Waals surface area contributed by atoms with Crippen LogP contribution in [0.4, 0.5) is 11.4 Å². The third-order valence-corrected chi connectivity index (χ3v) is 10.8. The van der Waals surface area contributed by atoms with E-state index in [1.165, 1.54) is 51.1 Å². The van der Waals surface area contributed by atoms with Crippen LogP contribution in [0.2, 0.25) is 0 Å². The second-order valence-corrected chi connectivity index (χ2v) is 13.4. The zero-order valence-corrected chi connectivity index (χ0v) is 22.5. The number of phenolic OH excluding ortho intramolecular Hbond substituents is 1. The van der Waals surface area contributed by atoms with Gasteiger partial charge in [-0.2, -0.15) is 4.31 Å². The van der Waals surface area contributed by atoms with Gasteiger partial charge in [-0.3, -0.25) is 9.10 Å². The highest BCUT2D eigenvalue weighted by Crippen LogP contribution is 2.37. The predicted molar refractivity (Wildman–Crippen MR) is 144 cm³/mol. The average Bonchev–Trinajstić information content (AvgIpc) is 3.26. The van der Waals surface area contributed by atoms with Crippen LogP contribution in [0.3, 0.4) is 0 Å². The first-order valence-electron chi connectivity index (χ1n) is 12.5. The predicted octanol–water partition coefficient (Wildman–Crippen LogP) is 3.96. The van der Waals surface area contributed by atoms with E-state index in [4.69, 9.17) is 0 Å². The number of nitrogens with one attached hydrogen (secondary N) is 1. The zero-order valence-electron chi connectivity index (χ0n) is 20.9. The van der Waals surface area contributed by atoms with Gasteiger partial charge < -0.3 is 10.4 Å². The summed E-state index contributed by atoms with van der Waals surface area (Å²) >= 11 is 0. The minimum atomic E-state index is -3.96. The van der Waals surface area contributed by atoms with Gasteiger partial charge >= 0.3 is 0 Å². The highest BCUT2D eigenvalue weighted by atomic mass is 32.2. The summed E-state index contributed by atoms with van der Waals surface area (Å²) < 4.78 is 56.1. The first-order chi connectivity index (χ1) is 18.1. The molecule has 1 atom stereocenters. The molecule has 0 bridgehead atoms. The minimum Gasteiger partial charge on any atom is -0.506 e. The molecule has 0 spiro atoms. The molecule has 38 heavy (non-hydrogen) atoms. The molecular formula is C27H29N3O6S2. The van der Waals surface area contributed by atoms with Gasteiger partial charge in [0.15, 0.2) is 0 Å². The van der Waals surface area contributed by atoms with Crippen molar-refractivity contribution in [1.82, 2.24) is 4.31 Å². The monoisotopic (exact) mass is 555 g/mol. The summed E-state index contributed by atoms with van der Waals surface area (Å²) in [5.74, 6) is -0.984. The van der Waals surface area contributed by atoms with Crippen molar-refractivity contribution >= 4 is 37.3 Å². The van der Waals surface area contributed by atoms with Crippen LogP contribution in [0, 0.1) is 0 Å². The molecule has 0 saturated carbocycles.